The van der Waals surface area contributed by atoms with E-state index in [0.29, 0.717) is 29.4 Å². The largest absolute Gasteiger partial charge is 0.390 e. The van der Waals surface area contributed by atoms with Crippen molar-refractivity contribution < 1.29 is 14.7 Å². The summed E-state index contributed by atoms with van der Waals surface area (Å²) in [5.74, 6) is 0.135. The van der Waals surface area contributed by atoms with Gasteiger partial charge in [0.2, 0.25) is 11.8 Å². The molecule has 2 amide bonds. The summed E-state index contributed by atoms with van der Waals surface area (Å²) >= 11 is 6.31. The zero-order valence-corrected chi connectivity index (χ0v) is 22.7. The summed E-state index contributed by atoms with van der Waals surface area (Å²) in [4.78, 5) is 29.8. The highest BCUT2D eigenvalue weighted by atomic mass is 35.5. The fraction of sp³-hybridized carbons (Fsp3) is 0.433. The van der Waals surface area contributed by atoms with Gasteiger partial charge in [-0.15, -0.1) is 0 Å². The first-order valence-electron chi connectivity index (χ1n) is 13.4. The number of aliphatic hydroxyl groups excluding tert-OH is 1. The molecule has 0 spiro atoms. The molecule has 1 fully saturated rings. The maximum absolute atomic E-state index is 13.2. The average Bonchev–Trinajstić information content (AvgIpc) is 3.51. The van der Waals surface area contributed by atoms with Crippen LogP contribution >= 0.6 is 11.6 Å². The number of unbranched alkanes of at least 4 members (excludes halogenated alkanes) is 1. The van der Waals surface area contributed by atoms with E-state index in [1.54, 1.807) is 12.1 Å². The van der Waals surface area contributed by atoms with Gasteiger partial charge in [0, 0.05) is 24.8 Å². The van der Waals surface area contributed by atoms with Gasteiger partial charge in [0.25, 0.3) is 0 Å². The van der Waals surface area contributed by atoms with Gasteiger partial charge in [-0.05, 0) is 36.0 Å². The monoisotopic (exact) mass is 536 g/mol. The number of hydrogen-bond acceptors (Lipinski definition) is 4. The number of benzene rings is 2. The Morgan fingerprint density at radius 2 is 1.82 bits per heavy atom. The Kier molecular flexibility index (Phi) is 9.23. The Hall–Kier alpha value is -3.16. The van der Waals surface area contributed by atoms with Crippen LogP contribution in [0.15, 0.2) is 54.6 Å². The van der Waals surface area contributed by atoms with Crippen LogP contribution in [0.3, 0.4) is 0 Å². The lowest BCUT2D eigenvalue weighted by atomic mass is 9.75. The highest BCUT2D eigenvalue weighted by molar-refractivity contribution is 6.30. The molecule has 1 atom stereocenters. The van der Waals surface area contributed by atoms with E-state index in [1.165, 1.54) is 0 Å². The van der Waals surface area contributed by atoms with Gasteiger partial charge in [0.15, 0.2) is 5.15 Å². The van der Waals surface area contributed by atoms with E-state index in [1.807, 2.05) is 22.8 Å². The number of aromatic nitrogens is 2. The molecule has 4 N–H and O–H groups in total. The van der Waals surface area contributed by atoms with E-state index >= 15 is 0 Å². The molecule has 8 heteroatoms. The number of aryl methyl sites for hydroxylation is 1. The molecular weight excluding hydrogens is 500 g/mol. The molecule has 0 aliphatic heterocycles. The highest BCUT2D eigenvalue weighted by Gasteiger charge is 2.38. The number of carbonyl (C=O) groups excluding carboxylic acids is 2. The number of hydrogen-bond donors (Lipinski definition) is 3. The number of carbonyl (C=O) groups is 2. The second-order valence-electron chi connectivity index (χ2n) is 10.3. The molecule has 0 saturated heterocycles. The van der Waals surface area contributed by atoms with Crippen LogP contribution in [0.2, 0.25) is 5.15 Å². The van der Waals surface area contributed by atoms with Crippen LogP contribution in [-0.2, 0) is 34.6 Å². The van der Waals surface area contributed by atoms with Crippen molar-refractivity contribution in [2.75, 3.05) is 0 Å². The molecule has 3 aromatic rings. The van der Waals surface area contributed by atoms with Crippen molar-refractivity contribution in [3.8, 4) is 0 Å². The topological polar surface area (TPSA) is 110 Å². The number of nitrogens with one attached hydrogen (secondary N) is 1. The van der Waals surface area contributed by atoms with E-state index in [4.69, 9.17) is 17.3 Å². The molecule has 1 saturated carbocycles. The first kappa shape index (κ1) is 27.9. The summed E-state index contributed by atoms with van der Waals surface area (Å²) in [6.45, 7) is 2.54. The smallest absolute Gasteiger partial charge is 0.244 e. The summed E-state index contributed by atoms with van der Waals surface area (Å²) in [6, 6.07) is 16.6. The van der Waals surface area contributed by atoms with Crippen molar-refractivity contribution in [2.24, 2.45) is 5.73 Å². The number of amides is 2. The molecule has 1 unspecified atom stereocenters. The lowest BCUT2D eigenvalue weighted by molar-refractivity contribution is -0.128. The van der Waals surface area contributed by atoms with Crippen molar-refractivity contribution in [3.63, 3.8) is 0 Å². The SMILES string of the molecule is CCCCc1nc(Cl)c(CO)n1Cc1ccc(C2(CC(=O)NC(C(N)=O)c3ccccc3)CCCC2)cc1. The first-order valence-corrected chi connectivity index (χ1v) is 13.8. The molecule has 1 heterocycles. The van der Waals surface area contributed by atoms with Crippen molar-refractivity contribution in [2.45, 2.75) is 82.9 Å². The number of halogens is 1. The maximum atomic E-state index is 13.2. The third-order valence-corrected chi connectivity index (χ3v) is 8.00. The first-order chi connectivity index (χ1) is 18.4. The quantitative estimate of drug-likeness (QED) is 0.303. The van der Waals surface area contributed by atoms with Gasteiger partial charge >= 0.3 is 0 Å². The number of imidazole rings is 1. The van der Waals surface area contributed by atoms with Crippen molar-refractivity contribution in [3.05, 3.63) is 88.0 Å². The Morgan fingerprint density at radius 1 is 1.13 bits per heavy atom. The minimum absolute atomic E-state index is 0.163. The van der Waals surface area contributed by atoms with Crippen molar-refractivity contribution >= 4 is 23.4 Å². The second kappa shape index (κ2) is 12.6. The Balaban J connectivity index is 1.51. The van der Waals surface area contributed by atoms with Gasteiger partial charge in [-0.1, -0.05) is 92.4 Å². The van der Waals surface area contributed by atoms with Gasteiger partial charge in [-0.3, -0.25) is 9.59 Å². The standard InChI is InChI=1S/C30H37ClN4O3/c1-2-3-11-25-33-28(31)24(20-36)35(25)19-21-12-14-23(15-13-21)30(16-7-8-17-30)18-26(37)34-27(29(32)38)22-9-5-4-6-10-22/h4-6,9-10,12-15,27,36H,2-3,7-8,11,16-20H2,1H3,(H2,32,38)(H,34,37). The van der Waals surface area contributed by atoms with Crippen LogP contribution in [0.1, 0.15) is 86.1 Å². The third-order valence-electron chi connectivity index (χ3n) is 7.70. The number of aliphatic hydroxyl groups is 1. The van der Waals surface area contributed by atoms with Crippen molar-refractivity contribution in [1.82, 2.24) is 14.9 Å². The third kappa shape index (κ3) is 6.27. The summed E-state index contributed by atoms with van der Waals surface area (Å²) in [6.07, 6.45) is 7.11. The fourth-order valence-electron chi connectivity index (χ4n) is 5.62. The van der Waals surface area contributed by atoms with Crippen LogP contribution in [-0.4, -0.2) is 26.5 Å². The minimum Gasteiger partial charge on any atom is -0.390 e. The van der Waals surface area contributed by atoms with Gasteiger partial charge in [-0.2, -0.15) is 0 Å². The van der Waals surface area contributed by atoms with Crippen molar-refractivity contribution in [1.29, 1.82) is 0 Å². The molecule has 4 rings (SSSR count). The highest BCUT2D eigenvalue weighted by Crippen LogP contribution is 2.44. The second-order valence-corrected chi connectivity index (χ2v) is 10.6. The van der Waals surface area contributed by atoms with Crippen LogP contribution < -0.4 is 11.1 Å². The van der Waals surface area contributed by atoms with Crippen LogP contribution in [0.25, 0.3) is 0 Å². The number of rotatable bonds is 12. The number of nitrogens with zero attached hydrogens (tertiary/aromatic N) is 2. The zero-order valence-electron chi connectivity index (χ0n) is 22.0. The van der Waals surface area contributed by atoms with Crippen LogP contribution in [0.5, 0.6) is 0 Å². The van der Waals surface area contributed by atoms with E-state index in [-0.39, 0.29) is 17.9 Å². The Morgan fingerprint density at radius 3 is 2.42 bits per heavy atom. The Labute approximate surface area is 229 Å². The molecule has 2 aromatic carbocycles. The molecule has 7 nitrogen and oxygen atoms in total. The molecular formula is C30H37ClN4O3. The molecule has 1 aliphatic rings. The summed E-state index contributed by atoms with van der Waals surface area (Å²) in [5.41, 5.74) is 8.86. The summed E-state index contributed by atoms with van der Waals surface area (Å²) < 4.78 is 2.01. The molecule has 202 valence electrons. The zero-order chi connectivity index (χ0) is 27.1. The van der Waals surface area contributed by atoms with E-state index < -0.39 is 11.9 Å². The van der Waals surface area contributed by atoms with Gasteiger partial charge in [0.1, 0.15) is 11.9 Å². The van der Waals surface area contributed by atoms with E-state index in [9.17, 15) is 14.7 Å². The lowest BCUT2D eigenvalue weighted by Crippen LogP contribution is -2.40. The van der Waals surface area contributed by atoms with E-state index in [2.05, 4.69) is 41.5 Å². The summed E-state index contributed by atoms with van der Waals surface area (Å²) in [5, 5.41) is 13.1. The molecule has 0 radical (unpaired) electrons. The van der Waals surface area contributed by atoms with Gasteiger partial charge < -0.3 is 20.7 Å². The van der Waals surface area contributed by atoms with E-state index in [0.717, 1.165) is 61.9 Å². The molecule has 38 heavy (non-hydrogen) atoms. The average molecular weight is 537 g/mol. The molecule has 1 aromatic heterocycles. The number of nitrogens with two attached hydrogens (primary N) is 1. The predicted octanol–water partition coefficient (Wildman–Crippen LogP) is 4.96. The molecule has 0 bridgehead atoms. The number of primary amides is 1. The predicted molar refractivity (Wildman–Crippen MR) is 149 cm³/mol. The van der Waals surface area contributed by atoms with Crippen LogP contribution in [0, 0.1) is 0 Å². The summed E-state index contributed by atoms with van der Waals surface area (Å²) in [7, 11) is 0. The van der Waals surface area contributed by atoms with Crippen LogP contribution in [0.4, 0.5) is 0 Å². The normalized spacial score (nSPS) is 15.3. The molecule has 1 aliphatic carbocycles. The maximum Gasteiger partial charge on any atom is 0.244 e. The van der Waals surface area contributed by atoms with Gasteiger partial charge in [0.05, 0.1) is 12.3 Å². The minimum atomic E-state index is -0.853. The van der Waals surface area contributed by atoms with Gasteiger partial charge in [-0.25, -0.2) is 4.98 Å². The fourth-order valence-corrected chi connectivity index (χ4v) is 5.88. The Bertz CT molecular complexity index is 1230. The lowest BCUT2D eigenvalue weighted by Gasteiger charge is -2.30.